The van der Waals surface area contributed by atoms with Gasteiger partial charge in [0.2, 0.25) is 0 Å². The highest BCUT2D eigenvalue weighted by atomic mass is 16.2. The van der Waals surface area contributed by atoms with Gasteiger partial charge in [-0.15, -0.1) is 0 Å². The number of benzene rings is 1. The fraction of sp³-hybridized carbons (Fsp3) is 0.529. The molecule has 0 unspecified atom stereocenters. The van der Waals surface area contributed by atoms with E-state index in [1.807, 2.05) is 0 Å². The quantitative estimate of drug-likeness (QED) is 0.324. The highest BCUT2D eigenvalue weighted by molar-refractivity contribution is 6.35. The molecule has 24 heavy (non-hydrogen) atoms. The topological polar surface area (TPSA) is 108 Å². The molecule has 1 saturated heterocycles. The number of anilines is 2. The molecule has 7 nitrogen and oxygen atoms in total. The Labute approximate surface area is 142 Å². The smallest absolute Gasteiger partial charge is 0.327 e. The zero-order chi connectivity index (χ0) is 18.0. The minimum absolute atomic E-state index is 0.0500. The molecule has 132 valence electrons. The van der Waals surface area contributed by atoms with Crippen molar-refractivity contribution in [1.82, 2.24) is 16.1 Å². The highest BCUT2D eigenvalue weighted by Gasteiger charge is 2.38. The molecule has 1 aromatic carbocycles. The Hall–Kier alpha value is -2.28. The van der Waals surface area contributed by atoms with Crippen LogP contribution in [0.5, 0.6) is 0 Å². The lowest BCUT2D eigenvalue weighted by molar-refractivity contribution is -0.139. The van der Waals surface area contributed by atoms with Crippen LogP contribution in [0, 0.1) is 0 Å². The molecule has 0 aromatic heterocycles. The molecule has 1 fully saturated rings. The molecule has 2 rings (SSSR count). The zero-order valence-corrected chi connectivity index (χ0v) is 14.7. The molecule has 1 aliphatic heterocycles. The van der Waals surface area contributed by atoms with Crippen molar-refractivity contribution in [2.75, 3.05) is 11.2 Å². The fourth-order valence-corrected chi connectivity index (χ4v) is 3.43. The molecular formula is C17H27N5O2. The minimum atomic E-state index is -0.721. The number of hydrogen-bond acceptors (Lipinski definition) is 5. The predicted molar refractivity (Wildman–Crippen MR) is 95.1 cm³/mol. The summed E-state index contributed by atoms with van der Waals surface area (Å²) in [4.78, 5) is 24.1. The van der Waals surface area contributed by atoms with E-state index in [1.165, 1.54) is 0 Å². The summed E-state index contributed by atoms with van der Waals surface area (Å²) >= 11 is 0. The molecule has 0 bridgehead atoms. The van der Waals surface area contributed by atoms with Gasteiger partial charge >= 0.3 is 11.8 Å². The predicted octanol–water partition coefficient (Wildman–Crippen LogP) is 1.14. The van der Waals surface area contributed by atoms with Crippen molar-refractivity contribution < 1.29 is 9.59 Å². The van der Waals surface area contributed by atoms with E-state index in [2.05, 4.69) is 49.2 Å². The van der Waals surface area contributed by atoms with Crippen molar-refractivity contribution in [2.24, 2.45) is 0 Å². The maximum absolute atomic E-state index is 12.1. The molecule has 0 aliphatic carbocycles. The van der Waals surface area contributed by atoms with Gasteiger partial charge < -0.3 is 16.4 Å². The van der Waals surface area contributed by atoms with Gasteiger partial charge in [-0.25, -0.2) is 0 Å². The molecule has 1 heterocycles. The number of nitrogen functional groups attached to an aromatic ring is 1. The molecule has 0 saturated carbocycles. The number of rotatable bonds is 3. The Morgan fingerprint density at radius 3 is 2.12 bits per heavy atom. The van der Waals surface area contributed by atoms with Gasteiger partial charge in [-0.2, -0.15) is 0 Å². The highest BCUT2D eigenvalue weighted by Crippen LogP contribution is 2.28. The van der Waals surface area contributed by atoms with Crippen molar-refractivity contribution >= 4 is 23.2 Å². The van der Waals surface area contributed by atoms with Crippen LogP contribution in [0.25, 0.3) is 0 Å². The Morgan fingerprint density at radius 2 is 1.58 bits per heavy atom. The largest absolute Gasteiger partial charge is 0.399 e. The van der Waals surface area contributed by atoms with Crippen LogP contribution in [-0.2, 0) is 9.59 Å². The summed E-state index contributed by atoms with van der Waals surface area (Å²) in [7, 11) is 0. The number of amides is 2. The van der Waals surface area contributed by atoms with Crippen molar-refractivity contribution in [1.29, 1.82) is 0 Å². The van der Waals surface area contributed by atoms with Gasteiger partial charge in [-0.1, -0.05) is 0 Å². The summed E-state index contributed by atoms with van der Waals surface area (Å²) in [5.41, 5.74) is 11.8. The van der Waals surface area contributed by atoms with E-state index >= 15 is 0 Å². The van der Waals surface area contributed by atoms with Gasteiger partial charge in [0.25, 0.3) is 0 Å². The maximum atomic E-state index is 12.1. The average molecular weight is 333 g/mol. The second kappa shape index (κ2) is 6.68. The minimum Gasteiger partial charge on any atom is -0.399 e. The van der Waals surface area contributed by atoms with Crippen LogP contribution >= 0.6 is 0 Å². The third-order valence-electron chi connectivity index (χ3n) is 3.96. The van der Waals surface area contributed by atoms with Crippen molar-refractivity contribution in [2.45, 2.75) is 57.7 Å². The Kier molecular flexibility index (Phi) is 5.03. The number of nitrogens with two attached hydrogens (primary N) is 1. The van der Waals surface area contributed by atoms with E-state index in [9.17, 15) is 9.59 Å². The number of hydrogen-bond donors (Lipinski definition) is 5. The third kappa shape index (κ3) is 5.13. The van der Waals surface area contributed by atoms with Crippen molar-refractivity contribution in [3.8, 4) is 0 Å². The Balaban J connectivity index is 1.87. The monoisotopic (exact) mass is 333 g/mol. The number of hydrazine groups is 1. The lowest BCUT2D eigenvalue weighted by atomic mass is 9.79. The van der Waals surface area contributed by atoms with Gasteiger partial charge in [0.1, 0.15) is 0 Å². The van der Waals surface area contributed by atoms with Crippen molar-refractivity contribution in [3.05, 3.63) is 24.3 Å². The molecule has 1 aromatic rings. The molecule has 1 aliphatic rings. The van der Waals surface area contributed by atoms with Gasteiger partial charge in [0.15, 0.2) is 0 Å². The number of carbonyl (C=O) groups is 2. The fourth-order valence-electron chi connectivity index (χ4n) is 3.43. The molecule has 2 amide bonds. The molecule has 0 radical (unpaired) electrons. The lowest BCUT2D eigenvalue weighted by Gasteiger charge is -2.46. The van der Waals surface area contributed by atoms with Crippen LogP contribution in [0.2, 0.25) is 0 Å². The number of nitrogens with one attached hydrogen (secondary N) is 4. The van der Waals surface area contributed by atoms with E-state index in [0.717, 1.165) is 12.8 Å². The first-order chi connectivity index (χ1) is 11.1. The molecule has 7 heteroatoms. The first kappa shape index (κ1) is 18.1. The second-order valence-electron chi connectivity index (χ2n) is 7.67. The summed E-state index contributed by atoms with van der Waals surface area (Å²) in [6.07, 6.45) is 1.53. The molecule has 6 N–H and O–H groups in total. The normalized spacial score (nSPS) is 19.3. The average Bonchev–Trinajstić information content (AvgIpc) is 2.42. The van der Waals surface area contributed by atoms with E-state index < -0.39 is 11.8 Å². The molecule has 0 spiro atoms. The summed E-state index contributed by atoms with van der Waals surface area (Å²) in [5, 5.41) is 6.37. The van der Waals surface area contributed by atoms with Gasteiger partial charge in [0.05, 0.1) is 5.69 Å². The van der Waals surface area contributed by atoms with Crippen LogP contribution in [-0.4, -0.2) is 28.9 Å². The van der Waals surface area contributed by atoms with Crippen LogP contribution in [0.15, 0.2) is 24.3 Å². The molecule has 0 atom stereocenters. The van der Waals surface area contributed by atoms with Crippen LogP contribution < -0.4 is 27.2 Å². The summed E-state index contributed by atoms with van der Waals surface area (Å²) in [6, 6.07) is 6.78. The van der Waals surface area contributed by atoms with Gasteiger partial charge in [-0.05, 0) is 64.8 Å². The molecular weight excluding hydrogens is 306 g/mol. The Morgan fingerprint density at radius 1 is 1.04 bits per heavy atom. The van der Waals surface area contributed by atoms with Gasteiger partial charge in [-0.3, -0.25) is 20.4 Å². The van der Waals surface area contributed by atoms with Crippen LogP contribution in [0.3, 0.4) is 0 Å². The third-order valence-corrected chi connectivity index (χ3v) is 3.96. The van der Waals surface area contributed by atoms with Crippen LogP contribution in [0.4, 0.5) is 11.4 Å². The standard InChI is InChI=1S/C17H27N5O2/c1-16(2)9-13(10-17(3,4)22-16)19-14(23)15(24)21-20-12-7-5-11(18)6-8-12/h5-8,13,20,22H,9-10,18H2,1-4H3,(H,19,23)(H,21,24). The van der Waals surface area contributed by atoms with E-state index in [4.69, 9.17) is 5.73 Å². The summed E-state index contributed by atoms with van der Waals surface area (Å²) in [5.74, 6) is -1.36. The Bertz CT molecular complexity index is 594. The van der Waals surface area contributed by atoms with E-state index in [-0.39, 0.29) is 17.1 Å². The van der Waals surface area contributed by atoms with Gasteiger partial charge in [0, 0.05) is 22.8 Å². The SMILES string of the molecule is CC1(C)CC(NC(=O)C(=O)NNc2ccc(N)cc2)CC(C)(C)N1. The number of piperidine rings is 1. The number of carbonyl (C=O) groups excluding carboxylic acids is 2. The maximum Gasteiger partial charge on any atom is 0.327 e. The van der Waals surface area contributed by atoms with Crippen molar-refractivity contribution in [3.63, 3.8) is 0 Å². The summed E-state index contributed by atoms with van der Waals surface area (Å²) in [6.45, 7) is 8.37. The lowest BCUT2D eigenvalue weighted by Crippen LogP contribution is -2.63. The van der Waals surface area contributed by atoms with E-state index in [1.54, 1.807) is 24.3 Å². The summed E-state index contributed by atoms with van der Waals surface area (Å²) < 4.78 is 0. The second-order valence-corrected chi connectivity index (χ2v) is 7.67. The first-order valence-corrected chi connectivity index (χ1v) is 8.08. The van der Waals surface area contributed by atoms with Crippen LogP contribution in [0.1, 0.15) is 40.5 Å². The van der Waals surface area contributed by atoms with E-state index in [0.29, 0.717) is 11.4 Å². The zero-order valence-electron chi connectivity index (χ0n) is 14.7. The first-order valence-electron chi connectivity index (χ1n) is 8.08.